The first kappa shape index (κ1) is 19.8. The highest BCUT2D eigenvalue weighted by Crippen LogP contribution is 2.37. The molecule has 2 aromatic carbocycles. The van der Waals surface area contributed by atoms with Crippen molar-refractivity contribution in [3.05, 3.63) is 70.4 Å². The van der Waals surface area contributed by atoms with Crippen LogP contribution >= 0.6 is 11.3 Å². The van der Waals surface area contributed by atoms with Crippen LogP contribution in [0.25, 0.3) is 0 Å². The van der Waals surface area contributed by atoms with E-state index in [9.17, 15) is 4.79 Å². The number of amides is 1. The minimum Gasteiger partial charge on any atom is -0.493 e. The average molecular weight is 420 g/mol. The van der Waals surface area contributed by atoms with Crippen LogP contribution in [0.1, 0.15) is 28.1 Å². The summed E-state index contributed by atoms with van der Waals surface area (Å²) >= 11 is 1.39. The zero-order valence-electron chi connectivity index (χ0n) is 16.9. The Kier molecular flexibility index (Phi) is 5.63. The van der Waals surface area contributed by atoms with Gasteiger partial charge in [-0.15, -0.1) is 11.3 Å². The van der Waals surface area contributed by atoms with Crippen molar-refractivity contribution >= 4 is 40.2 Å². The lowest BCUT2D eigenvalue weighted by molar-refractivity contribution is 0.0980. The Balaban J connectivity index is 1.82. The molecule has 4 rings (SSSR count). The molecule has 1 amide bonds. The van der Waals surface area contributed by atoms with Gasteiger partial charge in [0.05, 0.1) is 36.4 Å². The first-order chi connectivity index (χ1) is 14.6. The second-order valence-electron chi connectivity index (χ2n) is 6.72. The molecule has 152 valence electrons. The standard InChI is InChI=1S/C23H21N3O3S/c1-14-21(15-10-11-18(28-2)19(13-15)29-3)22(26-23(27)20-9-6-12-30-20)25-17-8-5-4-7-16(17)24-14/h4-13,21H,1-3H3,(H,25,26,27)/t21-/m1/s1. The normalized spacial score (nSPS) is 15.4. The van der Waals surface area contributed by atoms with Crippen molar-refractivity contribution in [2.75, 3.05) is 14.2 Å². The van der Waals surface area contributed by atoms with E-state index in [1.54, 1.807) is 20.3 Å². The highest BCUT2D eigenvalue weighted by Gasteiger charge is 2.28. The van der Waals surface area contributed by atoms with Gasteiger partial charge in [0, 0.05) is 5.71 Å². The van der Waals surface area contributed by atoms with Crippen LogP contribution in [-0.4, -0.2) is 31.7 Å². The maximum absolute atomic E-state index is 12.8. The molecule has 1 N–H and O–H groups in total. The number of carbonyl (C=O) groups is 1. The smallest absolute Gasteiger partial charge is 0.266 e. The van der Waals surface area contributed by atoms with E-state index < -0.39 is 0 Å². The SMILES string of the molecule is COc1ccc([C@H]2C(C)=Nc3ccccc3N=C2NC(=O)c2cccs2)cc1OC. The fourth-order valence-electron chi connectivity index (χ4n) is 3.42. The predicted molar refractivity (Wildman–Crippen MR) is 120 cm³/mol. The van der Waals surface area contributed by atoms with Crippen molar-refractivity contribution < 1.29 is 14.3 Å². The zero-order chi connectivity index (χ0) is 21.1. The van der Waals surface area contributed by atoms with Gasteiger partial charge < -0.3 is 14.8 Å². The number of ether oxygens (including phenoxy) is 2. The number of aliphatic imine (C=N–C) groups is 2. The number of hydrogen-bond acceptors (Lipinski definition) is 6. The Bertz CT molecular complexity index is 1140. The fraction of sp³-hybridized carbons (Fsp3) is 0.174. The molecule has 0 unspecified atom stereocenters. The summed E-state index contributed by atoms with van der Waals surface area (Å²) in [7, 11) is 3.19. The Hall–Kier alpha value is -3.45. The number of carbonyl (C=O) groups excluding carboxylic acids is 1. The summed E-state index contributed by atoms with van der Waals surface area (Å²) in [6.45, 7) is 1.94. The van der Waals surface area contributed by atoms with E-state index in [1.165, 1.54) is 11.3 Å². The van der Waals surface area contributed by atoms with E-state index in [4.69, 9.17) is 19.5 Å². The van der Waals surface area contributed by atoms with Crippen LogP contribution in [0.4, 0.5) is 11.4 Å². The van der Waals surface area contributed by atoms with Gasteiger partial charge in [0.2, 0.25) is 0 Å². The quantitative estimate of drug-likeness (QED) is 0.638. The molecule has 6 nitrogen and oxygen atoms in total. The van der Waals surface area contributed by atoms with Crippen molar-refractivity contribution in [2.24, 2.45) is 9.98 Å². The third kappa shape index (κ3) is 3.84. The van der Waals surface area contributed by atoms with Gasteiger partial charge in [-0.25, -0.2) is 4.99 Å². The minimum absolute atomic E-state index is 0.193. The molecule has 0 saturated carbocycles. The van der Waals surface area contributed by atoms with Gasteiger partial charge >= 0.3 is 0 Å². The summed E-state index contributed by atoms with van der Waals surface area (Å²) in [6, 6.07) is 16.9. The maximum Gasteiger partial charge on any atom is 0.266 e. The minimum atomic E-state index is -0.346. The van der Waals surface area contributed by atoms with Gasteiger partial charge in [-0.3, -0.25) is 9.79 Å². The molecule has 3 aromatic rings. The van der Waals surface area contributed by atoms with Crippen LogP contribution < -0.4 is 14.8 Å². The zero-order valence-corrected chi connectivity index (χ0v) is 17.7. The Morgan fingerprint density at radius 2 is 1.70 bits per heavy atom. The Labute approximate surface area is 178 Å². The molecule has 7 heteroatoms. The monoisotopic (exact) mass is 419 g/mol. The topological polar surface area (TPSA) is 72.3 Å². The lowest BCUT2D eigenvalue weighted by Crippen LogP contribution is -2.36. The number of thiophene rings is 1. The van der Waals surface area contributed by atoms with Crippen LogP contribution in [0.2, 0.25) is 0 Å². The molecular weight excluding hydrogens is 398 g/mol. The molecule has 30 heavy (non-hydrogen) atoms. The molecular formula is C23H21N3O3S. The first-order valence-electron chi connectivity index (χ1n) is 9.40. The van der Waals surface area contributed by atoms with Crippen LogP contribution in [0.15, 0.2) is 70.0 Å². The molecule has 1 aromatic heterocycles. The van der Waals surface area contributed by atoms with E-state index >= 15 is 0 Å². The van der Waals surface area contributed by atoms with Crippen molar-refractivity contribution in [1.82, 2.24) is 5.32 Å². The summed E-state index contributed by atoms with van der Waals surface area (Å²) in [5.74, 6) is 1.22. The highest BCUT2D eigenvalue weighted by molar-refractivity contribution is 7.12. The lowest BCUT2D eigenvalue weighted by Gasteiger charge is -2.20. The Morgan fingerprint density at radius 1 is 0.967 bits per heavy atom. The summed E-state index contributed by atoms with van der Waals surface area (Å²) < 4.78 is 10.8. The summed E-state index contributed by atoms with van der Waals surface area (Å²) in [6.07, 6.45) is 0. The number of fused-ring (bicyclic) bond motifs is 1. The molecule has 0 spiro atoms. The van der Waals surface area contributed by atoms with Gasteiger partial charge in [-0.05, 0) is 48.2 Å². The molecule has 1 aliphatic heterocycles. The molecule has 0 radical (unpaired) electrons. The average Bonchev–Trinajstić information content (AvgIpc) is 3.25. The number of nitrogens with zero attached hydrogens (tertiary/aromatic N) is 2. The van der Waals surface area contributed by atoms with Crippen molar-refractivity contribution in [3.8, 4) is 11.5 Å². The summed E-state index contributed by atoms with van der Waals surface area (Å²) in [5, 5.41) is 4.89. The number of amidine groups is 1. The second-order valence-corrected chi connectivity index (χ2v) is 7.67. The van der Waals surface area contributed by atoms with Gasteiger partial charge in [0.1, 0.15) is 5.84 Å². The molecule has 1 atom stereocenters. The molecule has 0 aliphatic carbocycles. The summed E-state index contributed by atoms with van der Waals surface area (Å²) in [5.41, 5.74) is 3.19. The van der Waals surface area contributed by atoms with Gasteiger partial charge in [0.25, 0.3) is 5.91 Å². The lowest BCUT2D eigenvalue weighted by atomic mass is 9.92. The molecule has 0 bridgehead atoms. The molecule has 0 fully saturated rings. The largest absolute Gasteiger partial charge is 0.493 e. The van der Waals surface area contributed by atoms with Crippen LogP contribution in [0.3, 0.4) is 0 Å². The van der Waals surface area contributed by atoms with E-state index in [0.717, 1.165) is 17.0 Å². The maximum atomic E-state index is 12.8. The highest BCUT2D eigenvalue weighted by atomic mass is 32.1. The first-order valence-corrected chi connectivity index (χ1v) is 10.3. The van der Waals surface area contributed by atoms with Crippen molar-refractivity contribution in [1.29, 1.82) is 0 Å². The number of nitrogens with one attached hydrogen (secondary N) is 1. The fourth-order valence-corrected chi connectivity index (χ4v) is 4.04. The predicted octanol–water partition coefficient (Wildman–Crippen LogP) is 5.12. The number of methoxy groups -OCH3 is 2. The van der Waals surface area contributed by atoms with Gasteiger partial charge in [-0.2, -0.15) is 0 Å². The van der Waals surface area contributed by atoms with E-state index in [1.807, 2.05) is 60.8 Å². The molecule has 0 saturated heterocycles. The number of rotatable bonds is 4. The van der Waals surface area contributed by atoms with Gasteiger partial charge in [-0.1, -0.05) is 24.3 Å². The number of hydrogen-bond donors (Lipinski definition) is 1. The van der Waals surface area contributed by atoms with Crippen molar-refractivity contribution in [3.63, 3.8) is 0 Å². The van der Waals surface area contributed by atoms with Crippen LogP contribution in [-0.2, 0) is 0 Å². The van der Waals surface area contributed by atoms with Crippen molar-refractivity contribution in [2.45, 2.75) is 12.8 Å². The second kappa shape index (κ2) is 8.51. The van der Waals surface area contributed by atoms with E-state index in [-0.39, 0.29) is 11.8 Å². The number of benzene rings is 2. The third-order valence-corrected chi connectivity index (χ3v) is 5.71. The van der Waals surface area contributed by atoms with Crippen LogP contribution in [0.5, 0.6) is 11.5 Å². The summed E-state index contributed by atoms with van der Waals surface area (Å²) in [4.78, 5) is 23.1. The Morgan fingerprint density at radius 3 is 2.37 bits per heavy atom. The van der Waals surface area contributed by atoms with E-state index in [0.29, 0.717) is 27.9 Å². The third-order valence-electron chi connectivity index (χ3n) is 4.84. The molecule has 1 aliphatic rings. The number of para-hydroxylation sites is 2. The van der Waals surface area contributed by atoms with E-state index in [2.05, 4.69) is 5.32 Å². The van der Waals surface area contributed by atoms with Crippen LogP contribution in [0, 0.1) is 0 Å². The molecule has 2 heterocycles. The van der Waals surface area contributed by atoms with Gasteiger partial charge in [0.15, 0.2) is 11.5 Å².